The first-order valence-corrected chi connectivity index (χ1v) is 6.35. The molecule has 0 aromatic carbocycles. The number of nitrogens with one attached hydrogen (secondary N) is 1. The van der Waals surface area contributed by atoms with E-state index in [1.54, 1.807) is 0 Å². The molecule has 2 aliphatic carbocycles. The molecule has 3 rings (SSSR count). The van der Waals surface area contributed by atoms with E-state index in [2.05, 4.69) is 5.32 Å². The van der Waals surface area contributed by atoms with E-state index in [4.69, 9.17) is 0 Å². The highest BCUT2D eigenvalue weighted by atomic mass is 16.2. The largest absolute Gasteiger partial charge is 0.305 e. The molecular formula is C12H18N2O2. The maximum absolute atomic E-state index is 12.0. The van der Waals surface area contributed by atoms with Crippen LogP contribution in [0, 0.1) is 5.92 Å². The molecule has 2 saturated carbocycles. The lowest BCUT2D eigenvalue weighted by Gasteiger charge is -2.26. The summed E-state index contributed by atoms with van der Waals surface area (Å²) in [5.41, 5.74) is 0. The van der Waals surface area contributed by atoms with E-state index >= 15 is 0 Å². The maximum Gasteiger partial charge on any atom is 0.247 e. The molecular weight excluding hydrogens is 204 g/mol. The third-order valence-electron chi connectivity index (χ3n) is 3.97. The van der Waals surface area contributed by atoms with Gasteiger partial charge in [-0.1, -0.05) is 6.42 Å². The van der Waals surface area contributed by atoms with Crippen molar-refractivity contribution in [2.24, 2.45) is 5.92 Å². The van der Waals surface area contributed by atoms with Gasteiger partial charge in [-0.25, -0.2) is 0 Å². The Bertz CT molecular complexity index is 321. The fraction of sp³-hybridized carbons (Fsp3) is 0.833. The zero-order valence-electron chi connectivity index (χ0n) is 9.45. The normalized spacial score (nSPS) is 31.0. The number of hydrogen-bond acceptors (Lipinski definition) is 3. The van der Waals surface area contributed by atoms with Gasteiger partial charge in [-0.2, -0.15) is 0 Å². The number of carbonyl (C=O) groups excluding carboxylic acids is 2. The highest BCUT2D eigenvalue weighted by Crippen LogP contribution is 2.32. The first kappa shape index (κ1) is 10.3. The summed E-state index contributed by atoms with van der Waals surface area (Å²) in [5, 5.41) is 3.26. The molecule has 1 unspecified atom stereocenters. The van der Waals surface area contributed by atoms with E-state index in [1.165, 1.54) is 24.2 Å². The van der Waals surface area contributed by atoms with Crippen LogP contribution in [-0.4, -0.2) is 35.3 Å². The summed E-state index contributed by atoms with van der Waals surface area (Å²) in [6.07, 6.45) is 6.25. The number of amides is 2. The quantitative estimate of drug-likeness (QED) is 0.711. The molecule has 1 saturated heterocycles. The third-order valence-corrected chi connectivity index (χ3v) is 3.97. The van der Waals surface area contributed by atoms with Gasteiger partial charge >= 0.3 is 0 Å². The Balaban J connectivity index is 1.55. The molecule has 16 heavy (non-hydrogen) atoms. The minimum absolute atomic E-state index is 0.0202. The summed E-state index contributed by atoms with van der Waals surface area (Å²) >= 11 is 0. The van der Waals surface area contributed by atoms with Crippen molar-refractivity contribution >= 4 is 11.8 Å². The highest BCUT2D eigenvalue weighted by Gasteiger charge is 2.45. The zero-order valence-corrected chi connectivity index (χ0v) is 9.45. The lowest BCUT2D eigenvalue weighted by Crippen LogP contribution is -2.42. The van der Waals surface area contributed by atoms with Gasteiger partial charge in [0.2, 0.25) is 11.8 Å². The summed E-state index contributed by atoms with van der Waals surface area (Å²) in [5.74, 6) is 0.781. The van der Waals surface area contributed by atoms with Gasteiger partial charge < -0.3 is 5.32 Å². The molecule has 0 spiro atoms. The van der Waals surface area contributed by atoms with Crippen molar-refractivity contribution in [1.82, 2.24) is 10.2 Å². The molecule has 4 nitrogen and oxygen atoms in total. The predicted octanol–water partition coefficient (Wildman–Crippen LogP) is 0.666. The molecule has 2 amide bonds. The molecule has 1 N–H and O–H groups in total. The second-order valence-electron chi connectivity index (χ2n) is 5.30. The van der Waals surface area contributed by atoms with Crippen LogP contribution in [0.1, 0.15) is 38.5 Å². The Morgan fingerprint density at radius 2 is 1.94 bits per heavy atom. The summed E-state index contributed by atoms with van der Waals surface area (Å²) < 4.78 is 0. The van der Waals surface area contributed by atoms with Crippen LogP contribution in [-0.2, 0) is 9.59 Å². The van der Waals surface area contributed by atoms with Gasteiger partial charge in [0.05, 0.1) is 12.5 Å². The standard InChI is InChI=1S/C12H18N2O2/c15-11-6-10(13-7-8-2-1-3-8)12(16)14(11)9-4-5-9/h8-10,13H,1-7H2. The van der Waals surface area contributed by atoms with E-state index in [9.17, 15) is 9.59 Å². The first-order valence-electron chi connectivity index (χ1n) is 6.35. The van der Waals surface area contributed by atoms with Crippen LogP contribution in [0.5, 0.6) is 0 Å². The van der Waals surface area contributed by atoms with E-state index in [-0.39, 0.29) is 23.9 Å². The second kappa shape index (κ2) is 3.84. The molecule has 3 aliphatic rings. The second-order valence-corrected chi connectivity index (χ2v) is 5.30. The average molecular weight is 222 g/mol. The molecule has 1 aliphatic heterocycles. The van der Waals surface area contributed by atoms with Gasteiger partial charge in [0.1, 0.15) is 0 Å². The third kappa shape index (κ3) is 1.75. The van der Waals surface area contributed by atoms with E-state index in [0.717, 1.165) is 25.3 Å². The van der Waals surface area contributed by atoms with E-state index in [1.807, 2.05) is 0 Å². The lowest BCUT2D eigenvalue weighted by atomic mass is 9.85. The van der Waals surface area contributed by atoms with Gasteiger partial charge in [-0.05, 0) is 38.1 Å². The van der Waals surface area contributed by atoms with E-state index in [0.29, 0.717) is 6.42 Å². The van der Waals surface area contributed by atoms with Crippen molar-refractivity contribution in [3.05, 3.63) is 0 Å². The summed E-state index contributed by atoms with van der Waals surface area (Å²) in [6.45, 7) is 0.905. The van der Waals surface area contributed by atoms with E-state index < -0.39 is 0 Å². The molecule has 0 radical (unpaired) electrons. The minimum atomic E-state index is -0.228. The topological polar surface area (TPSA) is 49.4 Å². The number of nitrogens with zero attached hydrogens (tertiary/aromatic N) is 1. The van der Waals surface area contributed by atoms with Crippen molar-refractivity contribution in [2.75, 3.05) is 6.54 Å². The van der Waals surface area contributed by atoms with Gasteiger partial charge in [0.25, 0.3) is 0 Å². The smallest absolute Gasteiger partial charge is 0.247 e. The van der Waals surface area contributed by atoms with Gasteiger partial charge in [-0.15, -0.1) is 0 Å². The molecule has 1 atom stereocenters. The van der Waals surface area contributed by atoms with Gasteiger partial charge in [-0.3, -0.25) is 14.5 Å². The number of hydrogen-bond donors (Lipinski definition) is 1. The Kier molecular flexibility index (Phi) is 2.46. The monoisotopic (exact) mass is 222 g/mol. The SMILES string of the molecule is O=C1CC(NCC2CCC2)C(=O)N1C1CC1. The molecule has 0 aromatic rings. The van der Waals surface area contributed by atoms with Crippen molar-refractivity contribution in [3.63, 3.8) is 0 Å². The molecule has 4 heteroatoms. The first-order chi connectivity index (χ1) is 7.75. The average Bonchev–Trinajstić information content (AvgIpc) is 2.94. The highest BCUT2D eigenvalue weighted by molar-refractivity contribution is 6.06. The Labute approximate surface area is 95.4 Å². The van der Waals surface area contributed by atoms with Crippen LogP contribution in [0.3, 0.4) is 0 Å². The fourth-order valence-electron chi connectivity index (χ4n) is 2.53. The molecule has 88 valence electrons. The van der Waals surface area contributed by atoms with Crippen molar-refractivity contribution in [3.8, 4) is 0 Å². The molecule has 3 fully saturated rings. The van der Waals surface area contributed by atoms with Crippen molar-refractivity contribution < 1.29 is 9.59 Å². The zero-order chi connectivity index (χ0) is 11.1. The van der Waals surface area contributed by atoms with Crippen LogP contribution >= 0.6 is 0 Å². The van der Waals surface area contributed by atoms with Crippen LogP contribution in [0.2, 0.25) is 0 Å². The lowest BCUT2D eigenvalue weighted by molar-refractivity contribution is -0.139. The minimum Gasteiger partial charge on any atom is -0.305 e. The molecule has 1 heterocycles. The van der Waals surface area contributed by atoms with Gasteiger partial charge in [0.15, 0.2) is 0 Å². The fourth-order valence-corrected chi connectivity index (χ4v) is 2.53. The van der Waals surface area contributed by atoms with Crippen molar-refractivity contribution in [2.45, 2.75) is 50.6 Å². The van der Waals surface area contributed by atoms with Crippen LogP contribution < -0.4 is 5.32 Å². The van der Waals surface area contributed by atoms with Crippen LogP contribution in [0.4, 0.5) is 0 Å². The Morgan fingerprint density at radius 3 is 2.50 bits per heavy atom. The molecule has 0 aromatic heterocycles. The summed E-state index contributed by atoms with van der Waals surface area (Å²) in [7, 11) is 0. The summed E-state index contributed by atoms with van der Waals surface area (Å²) in [6, 6.07) is 0.00389. The van der Waals surface area contributed by atoms with Crippen LogP contribution in [0.25, 0.3) is 0 Å². The number of likely N-dealkylation sites (tertiary alicyclic amines) is 1. The maximum atomic E-state index is 12.0. The summed E-state index contributed by atoms with van der Waals surface area (Å²) in [4.78, 5) is 25.1. The van der Waals surface area contributed by atoms with Crippen molar-refractivity contribution in [1.29, 1.82) is 0 Å². The number of imide groups is 1. The Morgan fingerprint density at radius 1 is 1.19 bits per heavy atom. The van der Waals surface area contributed by atoms with Crippen LogP contribution in [0.15, 0.2) is 0 Å². The Hall–Kier alpha value is -0.900. The molecule has 0 bridgehead atoms. The predicted molar refractivity (Wildman–Crippen MR) is 58.6 cm³/mol. The number of rotatable bonds is 4. The van der Waals surface area contributed by atoms with Gasteiger partial charge in [0, 0.05) is 6.04 Å². The number of carbonyl (C=O) groups is 2.